The van der Waals surface area contributed by atoms with Gasteiger partial charge in [-0.3, -0.25) is 9.69 Å². The van der Waals surface area contributed by atoms with E-state index >= 15 is 0 Å². The van der Waals surface area contributed by atoms with Crippen LogP contribution in [0, 0.1) is 6.92 Å². The molecule has 0 spiro atoms. The van der Waals surface area contributed by atoms with Crippen molar-refractivity contribution in [1.29, 1.82) is 0 Å². The topological polar surface area (TPSA) is 45.3 Å². The number of likely N-dealkylation sites (tertiary alicyclic amines) is 1. The van der Waals surface area contributed by atoms with Crippen LogP contribution in [0.5, 0.6) is 5.75 Å². The maximum absolute atomic E-state index is 13.1. The molecule has 1 fully saturated rings. The molecule has 3 rings (SSSR count). The van der Waals surface area contributed by atoms with Gasteiger partial charge in [0.15, 0.2) is 5.43 Å². The largest absolute Gasteiger partial charge is 0.494 e. The lowest BCUT2D eigenvalue weighted by molar-refractivity contribution is 0.135. The smallest absolute Gasteiger partial charge is 0.194 e. The van der Waals surface area contributed by atoms with Gasteiger partial charge in [-0.05, 0) is 57.9 Å². The highest BCUT2D eigenvalue weighted by molar-refractivity contribution is 5.81. The third-order valence-corrected chi connectivity index (χ3v) is 5.18. The van der Waals surface area contributed by atoms with Crippen molar-refractivity contribution in [1.82, 2.24) is 9.88 Å². The molecule has 1 saturated heterocycles. The number of aromatic amines is 1. The molecule has 0 amide bonds. The number of nitrogens with one attached hydrogen (secondary N) is 1. The van der Waals surface area contributed by atoms with E-state index in [9.17, 15) is 4.79 Å². The fraction of sp³-hybridized carbons (Fsp3) is 0.550. The Hall–Kier alpha value is -1.81. The van der Waals surface area contributed by atoms with E-state index < -0.39 is 0 Å². The Bertz CT molecular complexity index is 766. The molecule has 130 valence electrons. The number of fused-ring (bicyclic) bond motifs is 1. The van der Waals surface area contributed by atoms with Crippen molar-refractivity contribution in [2.75, 3.05) is 13.2 Å². The van der Waals surface area contributed by atoms with E-state index in [0.717, 1.165) is 47.4 Å². The van der Waals surface area contributed by atoms with Crippen LogP contribution in [-0.2, 0) is 6.54 Å². The molecule has 1 atom stereocenters. The molecule has 0 radical (unpaired) electrons. The molecule has 0 unspecified atom stereocenters. The zero-order valence-corrected chi connectivity index (χ0v) is 15.0. The van der Waals surface area contributed by atoms with Gasteiger partial charge in [-0.15, -0.1) is 0 Å². The van der Waals surface area contributed by atoms with Crippen LogP contribution in [0.25, 0.3) is 10.9 Å². The second-order valence-corrected chi connectivity index (χ2v) is 6.73. The van der Waals surface area contributed by atoms with E-state index in [0.29, 0.717) is 12.6 Å². The fourth-order valence-electron chi connectivity index (χ4n) is 3.81. The van der Waals surface area contributed by atoms with Crippen LogP contribution < -0.4 is 10.2 Å². The number of benzene rings is 1. The minimum atomic E-state index is 0.142. The average molecular weight is 328 g/mol. The average Bonchev–Trinajstić information content (AvgIpc) is 2.60. The first kappa shape index (κ1) is 17.0. The van der Waals surface area contributed by atoms with Crippen molar-refractivity contribution in [3.05, 3.63) is 39.7 Å². The molecule has 24 heavy (non-hydrogen) atoms. The first-order valence-electron chi connectivity index (χ1n) is 9.16. The fourth-order valence-corrected chi connectivity index (χ4v) is 3.81. The van der Waals surface area contributed by atoms with E-state index in [1.165, 1.54) is 19.3 Å². The minimum Gasteiger partial charge on any atom is -0.494 e. The van der Waals surface area contributed by atoms with Gasteiger partial charge >= 0.3 is 0 Å². The van der Waals surface area contributed by atoms with Crippen molar-refractivity contribution in [3.63, 3.8) is 0 Å². The number of piperidine rings is 1. The number of aryl methyl sites for hydroxylation is 1. The van der Waals surface area contributed by atoms with Crippen molar-refractivity contribution < 1.29 is 4.74 Å². The number of hydrogen-bond acceptors (Lipinski definition) is 3. The summed E-state index contributed by atoms with van der Waals surface area (Å²) in [6, 6.07) is 6.32. The van der Waals surface area contributed by atoms with Crippen LogP contribution in [0.4, 0.5) is 0 Å². The molecule has 1 aromatic heterocycles. The third-order valence-electron chi connectivity index (χ3n) is 5.18. The summed E-state index contributed by atoms with van der Waals surface area (Å²) in [5, 5.41) is 0.728. The van der Waals surface area contributed by atoms with Crippen LogP contribution in [0.2, 0.25) is 0 Å². The van der Waals surface area contributed by atoms with Gasteiger partial charge in [-0.2, -0.15) is 0 Å². The van der Waals surface area contributed by atoms with Gasteiger partial charge in [-0.1, -0.05) is 13.3 Å². The van der Waals surface area contributed by atoms with E-state index in [2.05, 4.69) is 16.8 Å². The quantitative estimate of drug-likeness (QED) is 0.902. The summed E-state index contributed by atoms with van der Waals surface area (Å²) in [6.45, 7) is 8.65. The number of rotatable bonds is 5. The number of ether oxygens (including phenoxy) is 1. The highest BCUT2D eigenvalue weighted by atomic mass is 16.5. The van der Waals surface area contributed by atoms with Crippen LogP contribution in [0.1, 0.15) is 50.8 Å². The van der Waals surface area contributed by atoms with Gasteiger partial charge in [0.05, 0.1) is 6.61 Å². The van der Waals surface area contributed by atoms with Crippen LogP contribution in [-0.4, -0.2) is 29.1 Å². The first-order chi connectivity index (χ1) is 11.6. The standard InChI is InChI=1S/C20H28N2O2/c1-4-15-8-6-7-11-22(15)13-18-14(3)21-19-10-9-16(24-5-2)12-17(19)20(18)23/h9-10,12,15H,4-8,11,13H2,1-3H3,(H,21,23)/t15-/m0/s1. The molecule has 1 N–H and O–H groups in total. The van der Waals surface area contributed by atoms with Gasteiger partial charge in [-0.25, -0.2) is 0 Å². The zero-order chi connectivity index (χ0) is 17.1. The predicted molar refractivity (Wildman–Crippen MR) is 98.8 cm³/mol. The minimum absolute atomic E-state index is 0.142. The molecule has 0 aliphatic carbocycles. The van der Waals surface area contributed by atoms with Gasteiger partial charge in [0.1, 0.15) is 5.75 Å². The number of nitrogens with zero attached hydrogens (tertiary/aromatic N) is 1. The van der Waals surface area contributed by atoms with Gasteiger partial charge in [0.2, 0.25) is 0 Å². The second-order valence-electron chi connectivity index (χ2n) is 6.73. The molecule has 1 aromatic carbocycles. The lowest BCUT2D eigenvalue weighted by Crippen LogP contribution is -2.39. The molecule has 4 nitrogen and oxygen atoms in total. The summed E-state index contributed by atoms with van der Waals surface area (Å²) < 4.78 is 5.56. The van der Waals surface area contributed by atoms with Crippen molar-refractivity contribution in [3.8, 4) is 5.75 Å². The number of aromatic nitrogens is 1. The number of pyridine rings is 1. The maximum atomic E-state index is 13.1. The Kier molecular flexibility index (Phi) is 5.24. The maximum Gasteiger partial charge on any atom is 0.194 e. The van der Waals surface area contributed by atoms with Crippen LogP contribution >= 0.6 is 0 Å². The summed E-state index contributed by atoms with van der Waals surface area (Å²) >= 11 is 0. The summed E-state index contributed by atoms with van der Waals surface area (Å²) in [4.78, 5) is 19.0. The highest BCUT2D eigenvalue weighted by Gasteiger charge is 2.23. The third kappa shape index (κ3) is 3.34. The molecule has 1 aliphatic rings. The number of hydrogen-bond donors (Lipinski definition) is 1. The SMILES string of the molecule is CCOc1ccc2[nH]c(C)c(CN3CCCC[C@@H]3CC)c(=O)c2c1. The Labute approximate surface area is 143 Å². The lowest BCUT2D eigenvalue weighted by atomic mass is 9.98. The Morgan fingerprint density at radius 1 is 1.29 bits per heavy atom. The zero-order valence-electron chi connectivity index (χ0n) is 15.0. The molecule has 0 bridgehead atoms. The van der Waals surface area contributed by atoms with Gasteiger partial charge < -0.3 is 9.72 Å². The van der Waals surface area contributed by atoms with E-state index in [-0.39, 0.29) is 5.43 Å². The monoisotopic (exact) mass is 328 g/mol. The van der Waals surface area contributed by atoms with Gasteiger partial charge in [0, 0.05) is 34.7 Å². The summed E-state index contributed by atoms with van der Waals surface area (Å²) in [5.74, 6) is 0.759. The molecular formula is C20H28N2O2. The summed E-state index contributed by atoms with van der Waals surface area (Å²) in [7, 11) is 0. The molecule has 2 aromatic rings. The number of H-pyrrole nitrogens is 1. The van der Waals surface area contributed by atoms with Crippen molar-refractivity contribution in [2.24, 2.45) is 0 Å². The highest BCUT2D eigenvalue weighted by Crippen LogP contribution is 2.23. The Morgan fingerprint density at radius 2 is 2.12 bits per heavy atom. The van der Waals surface area contributed by atoms with Crippen molar-refractivity contribution >= 4 is 10.9 Å². The van der Waals surface area contributed by atoms with Gasteiger partial charge in [0.25, 0.3) is 0 Å². The lowest BCUT2D eigenvalue weighted by Gasteiger charge is -2.35. The van der Waals surface area contributed by atoms with Crippen molar-refractivity contribution in [2.45, 2.75) is 59.0 Å². The van der Waals surface area contributed by atoms with Crippen LogP contribution in [0.3, 0.4) is 0 Å². The molecular weight excluding hydrogens is 300 g/mol. The second kappa shape index (κ2) is 7.39. The van der Waals surface area contributed by atoms with Crippen LogP contribution in [0.15, 0.2) is 23.0 Å². The summed E-state index contributed by atoms with van der Waals surface area (Å²) in [6.07, 6.45) is 4.93. The predicted octanol–water partition coefficient (Wildman–Crippen LogP) is 4.00. The van der Waals surface area contributed by atoms with E-state index in [1.807, 2.05) is 32.0 Å². The van der Waals surface area contributed by atoms with E-state index in [1.54, 1.807) is 0 Å². The van der Waals surface area contributed by atoms with E-state index in [4.69, 9.17) is 4.74 Å². The molecule has 4 heteroatoms. The Balaban J connectivity index is 1.99. The Morgan fingerprint density at radius 3 is 2.88 bits per heavy atom. The molecule has 1 aliphatic heterocycles. The first-order valence-corrected chi connectivity index (χ1v) is 9.16. The normalized spacial score (nSPS) is 18.9. The summed E-state index contributed by atoms with van der Waals surface area (Å²) in [5.41, 5.74) is 2.91. The molecule has 0 saturated carbocycles. The molecule has 2 heterocycles.